The van der Waals surface area contributed by atoms with Gasteiger partial charge in [0.15, 0.2) is 18.9 Å². The molecule has 3 aliphatic rings. The summed E-state index contributed by atoms with van der Waals surface area (Å²) in [5, 5.41) is 97.2. The number of hydrogen-bond donors (Lipinski definition) is 13. The minimum atomic E-state index is -1.28. The van der Waals surface area contributed by atoms with Gasteiger partial charge in [0, 0.05) is 59.6 Å². The number of hydrogen-bond acceptors (Lipinski definition) is 22. The van der Waals surface area contributed by atoms with Gasteiger partial charge in [0.05, 0.1) is 103 Å². The normalized spacial score (nSPS) is 33.2. The second kappa shape index (κ2) is 31.9. The van der Waals surface area contributed by atoms with Crippen molar-refractivity contribution in [1.29, 1.82) is 0 Å². The smallest absolute Gasteiger partial charge is 0.222 e. The van der Waals surface area contributed by atoms with E-state index in [0.717, 1.165) is 0 Å². The number of nitrogens with two attached hydrogens (primary N) is 1. The Kier molecular flexibility index (Phi) is 26.5. The molecule has 0 aromatic heterocycles. The van der Waals surface area contributed by atoms with Gasteiger partial charge in [0.1, 0.15) is 38.0 Å². The summed E-state index contributed by atoms with van der Waals surface area (Å²) >= 11 is 0. The zero-order valence-corrected chi connectivity index (χ0v) is 39.4. The summed E-state index contributed by atoms with van der Waals surface area (Å²) in [6.45, 7) is 4.21. The number of rotatable bonds is 34. The average molecular weight is 997 g/mol. The van der Waals surface area contributed by atoms with Crippen molar-refractivity contribution in [2.45, 2.75) is 139 Å². The summed E-state index contributed by atoms with van der Waals surface area (Å²) in [7, 11) is 0. The topological polar surface area (TPSA) is 378 Å². The molecule has 3 amide bonds. The van der Waals surface area contributed by atoms with Crippen LogP contribution >= 0.6 is 0 Å². The first kappa shape index (κ1) is 56.6. The van der Waals surface area contributed by atoms with Crippen LogP contribution in [0.5, 0.6) is 0 Å². The van der Waals surface area contributed by atoms with Crippen molar-refractivity contribution in [1.82, 2.24) is 16.0 Å². The maximum Gasteiger partial charge on any atom is 0.222 e. The van der Waals surface area contributed by atoms with E-state index in [2.05, 4.69) is 21.7 Å². The van der Waals surface area contributed by atoms with Gasteiger partial charge >= 0.3 is 0 Å². The molecule has 0 aliphatic carbocycles. The number of carbonyl (C=O) groups excluding carboxylic acids is 3. The predicted molar refractivity (Wildman–Crippen MR) is 237 cm³/mol. The van der Waals surface area contributed by atoms with E-state index in [9.17, 15) is 60.3 Å². The van der Waals surface area contributed by atoms with Gasteiger partial charge in [-0.15, -0.1) is 0 Å². The molecular weight excluding hydrogens is 908 g/mol. The molecule has 15 atom stereocenters. The van der Waals surface area contributed by atoms with E-state index in [1.54, 1.807) is 20.8 Å². The molecule has 0 aromatic rings. The van der Waals surface area contributed by atoms with Gasteiger partial charge in [-0.3, -0.25) is 14.4 Å². The van der Waals surface area contributed by atoms with Crippen LogP contribution in [0, 0.1) is 17.8 Å². The highest BCUT2D eigenvalue weighted by molar-refractivity contribution is 5.76. The van der Waals surface area contributed by atoms with Crippen molar-refractivity contribution in [2.75, 3.05) is 98.9 Å². The Morgan fingerprint density at radius 1 is 0.529 bits per heavy atom. The summed E-state index contributed by atoms with van der Waals surface area (Å²) in [6.07, 6.45) is -11.5. The molecule has 25 nitrogen and oxygen atoms in total. The molecule has 0 aromatic carbocycles. The first-order valence-corrected chi connectivity index (χ1v) is 23.5. The molecule has 3 rings (SSSR count). The number of amides is 3. The molecule has 6 unspecified atom stereocenters. The first-order chi connectivity index (χ1) is 34.0. The third kappa shape index (κ3) is 20.0. The predicted octanol–water partition coefficient (Wildman–Crippen LogP) is -5.06. The maximum absolute atomic E-state index is 12.6. The van der Waals surface area contributed by atoms with E-state index in [1.165, 1.54) is 0 Å². The Hall–Kier alpha value is -2.35. The van der Waals surface area contributed by atoms with Crippen molar-refractivity contribution < 1.29 is 107 Å². The van der Waals surface area contributed by atoms with Crippen LogP contribution in [0.2, 0.25) is 1.41 Å². The molecule has 3 fully saturated rings. The van der Waals surface area contributed by atoms with Gasteiger partial charge < -0.3 is 110 Å². The summed E-state index contributed by atoms with van der Waals surface area (Å²) in [5.41, 5.74) is 1.14. The van der Waals surface area contributed by atoms with Gasteiger partial charge in [-0.05, 0) is 19.3 Å². The Bertz CT molecular complexity index is 1300. The van der Waals surface area contributed by atoms with Crippen LogP contribution in [0.25, 0.3) is 0 Å². The van der Waals surface area contributed by atoms with Crippen molar-refractivity contribution >= 4 is 17.7 Å². The minimum Gasteiger partial charge on any atom is -0.394 e. The van der Waals surface area contributed by atoms with E-state index in [-0.39, 0.29) is 116 Å². The second-order valence-corrected chi connectivity index (χ2v) is 17.6. The Morgan fingerprint density at radius 3 is 1.06 bits per heavy atom. The van der Waals surface area contributed by atoms with E-state index >= 15 is 0 Å². The van der Waals surface area contributed by atoms with Crippen molar-refractivity contribution in [3.63, 3.8) is 0 Å². The molecule has 400 valence electrons. The lowest BCUT2D eigenvalue weighted by Crippen LogP contribution is -2.55. The maximum atomic E-state index is 12.6. The van der Waals surface area contributed by atoms with E-state index in [1.807, 2.05) is 0 Å². The van der Waals surface area contributed by atoms with E-state index < -0.39 is 117 Å². The van der Waals surface area contributed by atoms with Crippen LogP contribution in [0.15, 0.2) is 0 Å². The molecule has 14 N–H and O–H groups in total. The zero-order valence-electron chi connectivity index (χ0n) is 42.4. The van der Waals surface area contributed by atoms with Gasteiger partial charge in [-0.2, -0.15) is 0 Å². The molecule has 3 saturated heterocycles. The van der Waals surface area contributed by atoms with Crippen LogP contribution in [0.4, 0.5) is 0 Å². The van der Waals surface area contributed by atoms with Crippen molar-refractivity contribution in [3.05, 3.63) is 0 Å². The zero-order chi connectivity index (χ0) is 52.9. The molecular formula is C43H82N4O21. The van der Waals surface area contributed by atoms with Gasteiger partial charge in [-0.25, -0.2) is 0 Å². The molecule has 0 saturated carbocycles. The van der Waals surface area contributed by atoms with Crippen LogP contribution in [-0.4, -0.2) is 242 Å². The summed E-state index contributed by atoms with van der Waals surface area (Å²) < 4.78 is 69.1. The van der Waals surface area contributed by atoms with Crippen LogP contribution in [0.3, 0.4) is 0 Å². The second-order valence-electron chi connectivity index (χ2n) is 17.6. The average Bonchev–Trinajstić information content (AvgIpc) is 3.37. The monoisotopic (exact) mass is 997 g/mol. The molecule has 3 heterocycles. The number of aliphatic hydroxyl groups excluding tert-OH is 9. The molecule has 68 heavy (non-hydrogen) atoms. The summed E-state index contributed by atoms with van der Waals surface area (Å²) in [6, 6.07) is 0. The lowest BCUT2D eigenvalue weighted by atomic mass is 9.92. The van der Waals surface area contributed by atoms with Crippen LogP contribution in [-0.2, 0) is 57.0 Å². The fraction of sp³-hybridized carbons (Fsp3) is 0.930. The molecule has 25 heteroatoms. The van der Waals surface area contributed by atoms with Gasteiger partial charge in [0.2, 0.25) is 17.7 Å². The SMILES string of the molecule is [3H]NC(COCCC(=O)NCCCO[C@@H]1OC(CO)[C@H](O)[C@H](O)C1C)(COCCC(=O)NCCCO[C@@H]1OC(CO)[C@H](O)[C@H](O)C1C)COCCC(=O)NCCCO[C@@H]1OC(CO)[C@H](O)[C@H](O)C1C.[3H][3H]. The Labute approximate surface area is 401 Å². The first-order valence-electron chi connectivity index (χ1n) is 25.0. The Morgan fingerprint density at radius 2 is 0.809 bits per heavy atom. The van der Waals surface area contributed by atoms with Crippen LogP contribution < -0.4 is 21.7 Å². The number of carbonyl (C=O) groups is 3. The fourth-order valence-electron chi connectivity index (χ4n) is 7.42. The minimum absolute atomic E-state index is 0.0277. The standard InChI is InChI=1S/C43H80N4O21.H2/c1-25-34(54)37(57)28(19-48)66-40(25)63-13-4-10-45-31(51)7-16-60-22-43(44,23-61-17-8-32(52)46-11-5-14-64-41-26(2)35(55)38(58)29(20-49)67-41)24-62-18-9-33(53)47-12-6-15-65-42-27(3)36(56)39(59)30(21-50)68-42;/h25-30,34-42,48-50,54-59H,4-24,44H2,1-3H3,(H,45,51)(H,46,52)(H,47,53);1H/t25?,26?,27?,28?,29?,30?,34-,35-,36-,37+,38+,39+,40-,41-,42-,43?;/m1./s1/i;1+2T/hT. The van der Waals surface area contributed by atoms with Crippen LogP contribution in [0.1, 0.15) is 62.3 Å². The number of nitrogens with one attached hydrogen (secondary N) is 3. The highest BCUT2D eigenvalue weighted by Gasteiger charge is 2.44. The molecule has 0 radical (unpaired) electrons. The third-order valence-corrected chi connectivity index (χ3v) is 11.9. The quantitative estimate of drug-likeness (QED) is 0.0268. The van der Waals surface area contributed by atoms with Gasteiger partial charge in [0.25, 0.3) is 0 Å². The number of ether oxygens (including phenoxy) is 9. The highest BCUT2D eigenvalue weighted by atomic mass is 16.7. The van der Waals surface area contributed by atoms with Crippen molar-refractivity contribution in [2.24, 2.45) is 23.5 Å². The van der Waals surface area contributed by atoms with E-state index in [4.69, 9.17) is 47.0 Å². The van der Waals surface area contributed by atoms with Gasteiger partial charge in [-0.1, -0.05) is 20.8 Å². The van der Waals surface area contributed by atoms with E-state index in [0.29, 0.717) is 19.3 Å². The molecule has 3 aliphatic heterocycles. The lowest BCUT2D eigenvalue weighted by Gasteiger charge is -2.40. The lowest BCUT2D eigenvalue weighted by molar-refractivity contribution is -0.282. The summed E-state index contributed by atoms with van der Waals surface area (Å²) in [5.74, 6) is -2.60. The third-order valence-electron chi connectivity index (χ3n) is 11.9. The summed E-state index contributed by atoms with van der Waals surface area (Å²) in [4.78, 5) is 37.7. The largest absolute Gasteiger partial charge is 0.394 e. The molecule has 0 spiro atoms. The molecule has 0 bridgehead atoms. The fourth-order valence-corrected chi connectivity index (χ4v) is 7.42. The highest BCUT2D eigenvalue weighted by Crippen LogP contribution is 2.29. The van der Waals surface area contributed by atoms with Crippen molar-refractivity contribution in [3.8, 4) is 0 Å². The Balaban J connectivity index is 0.00000852. The number of aliphatic hydroxyl groups is 9.